The zero-order chi connectivity index (χ0) is 30.6. The normalized spacial score (nSPS) is 20.4. The zero-order valence-corrected chi connectivity index (χ0v) is 26.5. The minimum atomic E-state index is -4.23. The van der Waals surface area contributed by atoms with Gasteiger partial charge in [-0.05, 0) is 54.0 Å². The third-order valence-electron chi connectivity index (χ3n) is 8.09. The van der Waals surface area contributed by atoms with Crippen LogP contribution in [-0.4, -0.2) is 42.5 Å². The summed E-state index contributed by atoms with van der Waals surface area (Å²) in [5.41, 5.74) is 1.83. The van der Waals surface area contributed by atoms with Crippen molar-refractivity contribution in [2.75, 3.05) is 6.54 Å². The van der Waals surface area contributed by atoms with E-state index in [9.17, 15) is 27.9 Å². The number of Topliss-reactive ketones (excluding diaryl/α,β-unsaturated/α-hetero) is 2. The Bertz CT molecular complexity index is 1600. The number of carbonyl (C=O) groups is 3. The number of aliphatic carboxylic acids is 1. The SMILES string of the molecule is CC1(C)CC(=O)C2=C(C1)N(CCC(=O)O)C1=C(C(=O)CC(C)(C)C1)C2c1cc(Br)ccc1OS(=O)(=O)c1ccccc1. The molecular formula is C32H34BrNO7S. The Kier molecular flexibility index (Phi) is 7.77. The molecule has 0 aromatic heterocycles. The largest absolute Gasteiger partial charge is 0.481 e. The first kappa shape index (κ1) is 30.2. The van der Waals surface area contributed by atoms with Crippen molar-refractivity contribution in [1.82, 2.24) is 4.90 Å². The zero-order valence-electron chi connectivity index (χ0n) is 24.1. The summed E-state index contributed by atoms with van der Waals surface area (Å²) in [6.07, 6.45) is 1.32. The van der Waals surface area contributed by atoms with Crippen LogP contribution < -0.4 is 4.18 Å². The maximum Gasteiger partial charge on any atom is 0.339 e. The minimum absolute atomic E-state index is 0.0202. The molecule has 2 aliphatic carbocycles. The molecule has 0 unspecified atom stereocenters. The number of carboxylic acids is 1. The van der Waals surface area contributed by atoms with Gasteiger partial charge in [0.1, 0.15) is 10.6 Å². The summed E-state index contributed by atoms with van der Waals surface area (Å²) in [6.45, 7) is 8.12. The van der Waals surface area contributed by atoms with E-state index in [1.54, 1.807) is 30.3 Å². The van der Waals surface area contributed by atoms with Crippen LogP contribution in [0.1, 0.15) is 71.3 Å². The number of allylic oxidation sites excluding steroid dienone is 4. The maximum absolute atomic E-state index is 14.0. The molecule has 222 valence electrons. The smallest absolute Gasteiger partial charge is 0.339 e. The predicted molar refractivity (Wildman–Crippen MR) is 160 cm³/mol. The molecule has 0 bridgehead atoms. The average molecular weight is 657 g/mol. The van der Waals surface area contributed by atoms with Crippen molar-refractivity contribution < 1.29 is 32.1 Å². The molecule has 0 spiro atoms. The van der Waals surface area contributed by atoms with E-state index in [1.165, 1.54) is 18.2 Å². The van der Waals surface area contributed by atoms with Crippen LogP contribution in [-0.2, 0) is 24.5 Å². The second-order valence-corrected chi connectivity index (χ2v) is 15.3. The molecule has 0 atom stereocenters. The van der Waals surface area contributed by atoms with Gasteiger partial charge in [0.2, 0.25) is 0 Å². The molecule has 2 aromatic carbocycles. The Labute approximate surface area is 254 Å². The number of halogens is 1. The highest BCUT2D eigenvalue weighted by atomic mass is 79.9. The highest BCUT2D eigenvalue weighted by molar-refractivity contribution is 9.10. The van der Waals surface area contributed by atoms with E-state index in [1.807, 2.05) is 32.6 Å². The molecule has 8 nitrogen and oxygen atoms in total. The molecule has 0 saturated carbocycles. The Morgan fingerprint density at radius 1 is 0.929 bits per heavy atom. The topological polar surface area (TPSA) is 118 Å². The summed E-state index contributed by atoms with van der Waals surface area (Å²) in [6, 6.07) is 12.7. The van der Waals surface area contributed by atoms with Gasteiger partial charge < -0.3 is 14.2 Å². The van der Waals surface area contributed by atoms with E-state index in [-0.39, 0.29) is 58.8 Å². The number of rotatable bonds is 7. The molecule has 2 aromatic rings. The number of hydrogen-bond acceptors (Lipinski definition) is 7. The van der Waals surface area contributed by atoms with Crippen molar-refractivity contribution in [2.24, 2.45) is 10.8 Å². The highest BCUT2D eigenvalue weighted by Crippen LogP contribution is 2.55. The summed E-state index contributed by atoms with van der Waals surface area (Å²) >= 11 is 3.50. The third-order valence-corrected chi connectivity index (χ3v) is 9.83. The molecule has 1 aliphatic heterocycles. The first-order valence-electron chi connectivity index (χ1n) is 13.9. The lowest BCUT2D eigenvalue weighted by atomic mass is 9.63. The van der Waals surface area contributed by atoms with E-state index in [4.69, 9.17) is 4.18 Å². The van der Waals surface area contributed by atoms with Gasteiger partial charge >= 0.3 is 16.1 Å². The van der Waals surface area contributed by atoms with Gasteiger partial charge in [0.15, 0.2) is 11.6 Å². The summed E-state index contributed by atoms with van der Waals surface area (Å²) in [5, 5.41) is 9.57. The lowest BCUT2D eigenvalue weighted by Gasteiger charge is -2.49. The fourth-order valence-corrected chi connectivity index (χ4v) is 7.76. The molecule has 0 amide bonds. The average Bonchev–Trinajstić information content (AvgIpc) is 2.87. The molecule has 0 fully saturated rings. The van der Waals surface area contributed by atoms with Crippen LogP contribution in [0, 0.1) is 10.8 Å². The van der Waals surface area contributed by atoms with E-state index >= 15 is 0 Å². The molecule has 1 N–H and O–H groups in total. The van der Waals surface area contributed by atoms with E-state index in [2.05, 4.69) is 15.9 Å². The maximum atomic E-state index is 14.0. The van der Waals surface area contributed by atoms with Gasteiger partial charge in [0, 0.05) is 57.9 Å². The molecule has 3 aliphatic rings. The summed E-state index contributed by atoms with van der Waals surface area (Å²) in [7, 11) is -4.23. The van der Waals surface area contributed by atoms with Crippen molar-refractivity contribution >= 4 is 43.6 Å². The van der Waals surface area contributed by atoms with Gasteiger partial charge in [-0.2, -0.15) is 8.42 Å². The van der Waals surface area contributed by atoms with Gasteiger partial charge in [-0.15, -0.1) is 0 Å². The first-order valence-corrected chi connectivity index (χ1v) is 16.1. The molecule has 10 heteroatoms. The van der Waals surface area contributed by atoms with Crippen LogP contribution >= 0.6 is 15.9 Å². The summed E-state index contributed by atoms with van der Waals surface area (Å²) in [5.74, 6) is -2.10. The molecule has 1 heterocycles. The Balaban J connectivity index is 1.76. The van der Waals surface area contributed by atoms with Crippen molar-refractivity contribution in [3.63, 3.8) is 0 Å². The second-order valence-electron chi connectivity index (χ2n) is 12.9. The highest BCUT2D eigenvalue weighted by Gasteiger charge is 2.49. The van der Waals surface area contributed by atoms with Crippen molar-refractivity contribution in [1.29, 1.82) is 0 Å². The van der Waals surface area contributed by atoms with Gasteiger partial charge in [-0.3, -0.25) is 14.4 Å². The molecule has 42 heavy (non-hydrogen) atoms. The van der Waals surface area contributed by atoms with Gasteiger partial charge in [0.25, 0.3) is 0 Å². The Morgan fingerprint density at radius 3 is 2.00 bits per heavy atom. The first-order chi connectivity index (χ1) is 19.6. The molecular weight excluding hydrogens is 622 g/mol. The van der Waals surface area contributed by atoms with Crippen LogP contribution in [0.3, 0.4) is 0 Å². The summed E-state index contributed by atoms with van der Waals surface area (Å²) < 4.78 is 33.0. The van der Waals surface area contributed by atoms with E-state index in [0.29, 0.717) is 45.4 Å². The van der Waals surface area contributed by atoms with Crippen molar-refractivity contribution in [2.45, 2.75) is 70.6 Å². The molecule has 0 radical (unpaired) electrons. The Morgan fingerprint density at radius 2 is 1.48 bits per heavy atom. The lowest BCUT2D eigenvalue weighted by Crippen LogP contribution is -2.45. The van der Waals surface area contributed by atoms with E-state index < -0.39 is 22.0 Å². The quantitative estimate of drug-likeness (QED) is 0.342. The third kappa shape index (κ3) is 5.83. The number of nitrogens with zero attached hydrogens (tertiary/aromatic N) is 1. The second kappa shape index (κ2) is 10.8. The minimum Gasteiger partial charge on any atom is -0.481 e. The van der Waals surface area contributed by atoms with Crippen LogP contribution in [0.15, 0.2) is 80.4 Å². The van der Waals surface area contributed by atoms with Gasteiger partial charge in [0.05, 0.1) is 6.42 Å². The fourth-order valence-electron chi connectivity index (χ4n) is 6.41. The molecule has 0 saturated heterocycles. The van der Waals surface area contributed by atoms with Crippen molar-refractivity contribution in [3.8, 4) is 5.75 Å². The Hall–Kier alpha value is -3.24. The van der Waals surface area contributed by atoms with Crippen LogP contribution in [0.5, 0.6) is 5.75 Å². The van der Waals surface area contributed by atoms with Gasteiger partial charge in [-0.1, -0.05) is 61.8 Å². The predicted octanol–water partition coefficient (Wildman–Crippen LogP) is 6.38. The van der Waals surface area contributed by atoms with Crippen LogP contribution in [0.25, 0.3) is 0 Å². The number of ketones is 2. The number of carboxylic acid groups (broad SMARTS) is 1. The number of benzene rings is 2. The van der Waals surface area contributed by atoms with Crippen LogP contribution in [0.4, 0.5) is 0 Å². The molecule has 5 rings (SSSR count). The number of hydrogen-bond donors (Lipinski definition) is 1. The van der Waals surface area contributed by atoms with E-state index in [0.717, 1.165) is 0 Å². The lowest BCUT2D eigenvalue weighted by molar-refractivity contribution is -0.137. The van der Waals surface area contributed by atoms with Gasteiger partial charge in [-0.25, -0.2) is 0 Å². The summed E-state index contributed by atoms with van der Waals surface area (Å²) in [4.78, 5) is 41.6. The number of carbonyl (C=O) groups excluding carboxylic acids is 2. The van der Waals surface area contributed by atoms with Crippen LogP contribution in [0.2, 0.25) is 0 Å². The fraction of sp³-hybridized carbons (Fsp3) is 0.406. The standard InChI is InChI=1S/C32H34BrNO7S/c1-31(2)15-22-29(24(35)17-31)28(30-23(34(22)13-12-27(37)38)16-32(3,4)18-25(30)36)21-14-19(33)10-11-26(21)41-42(39,40)20-8-6-5-7-9-20/h5-11,14,28H,12-13,15-18H2,1-4H3,(H,37,38). The monoisotopic (exact) mass is 655 g/mol. The van der Waals surface area contributed by atoms with Crippen molar-refractivity contribution in [3.05, 3.63) is 81.1 Å².